The molecule has 0 spiro atoms. The van der Waals surface area contributed by atoms with Gasteiger partial charge in [0, 0.05) is 18.4 Å². The number of carbonyl (C=O) groups is 1. The lowest BCUT2D eigenvalue weighted by Gasteiger charge is -2.10. The van der Waals surface area contributed by atoms with Gasteiger partial charge in [0.25, 0.3) is 0 Å². The molecule has 0 bridgehead atoms. The molecular weight excluding hydrogens is 210 g/mol. The zero-order valence-corrected chi connectivity index (χ0v) is 10.8. The molecule has 0 rings (SSSR count). The minimum absolute atomic E-state index is 0.102. The van der Waals surface area contributed by atoms with E-state index >= 15 is 0 Å². The molecule has 0 aromatic heterocycles. The van der Waals surface area contributed by atoms with Crippen molar-refractivity contribution in [2.24, 2.45) is 5.92 Å². The van der Waals surface area contributed by atoms with Crippen molar-refractivity contribution in [3.63, 3.8) is 0 Å². The van der Waals surface area contributed by atoms with Crippen molar-refractivity contribution in [1.29, 1.82) is 0 Å². The highest BCUT2D eigenvalue weighted by molar-refractivity contribution is 8.00. The van der Waals surface area contributed by atoms with Crippen LogP contribution in [0.15, 0.2) is 0 Å². The molecule has 90 valence electrons. The molecule has 0 fully saturated rings. The minimum Gasteiger partial charge on any atom is -0.396 e. The lowest BCUT2D eigenvalue weighted by Crippen LogP contribution is -2.27. The van der Waals surface area contributed by atoms with E-state index in [0.717, 1.165) is 19.4 Å². The van der Waals surface area contributed by atoms with Crippen molar-refractivity contribution in [2.75, 3.05) is 18.9 Å². The molecule has 1 amide bonds. The molecule has 0 saturated heterocycles. The van der Waals surface area contributed by atoms with Crippen LogP contribution in [-0.2, 0) is 4.79 Å². The fourth-order valence-corrected chi connectivity index (χ4v) is 1.84. The lowest BCUT2D eigenvalue weighted by atomic mass is 10.1. The van der Waals surface area contributed by atoms with Crippen molar-refractivity contribution < 1.29 is 9.90 Å². The molecule has 0 aliphatic carbocycles. The van der Waals surface area contributed by atoms with Crippen LogP contribution in [0.1, 0.15) is 33.6 Å². The van der Waals surface area contributed by atoms with Gasteiger partial charge >= 0.3 is 0 Å². The van der Waals surface area contributed by atoms with Crippen LogP contribution in [0, 0.1) is 5.92 Å². The summed E-state index contributed by atoms with van der Waals surface area (Å²) >= 11 is 1.60. The summed E-state index contributed by atoms with van der Waals surface area (Å²) in [7, 11) is 0. The first-order valence-corrected chi connectivity index (χ1v) is 6.60. The third kappa shape index (κ3) is 10.1. The largest absolute Gasteiger partial charge is 0.396 e. The molecule has 2 N–H and O–H groups in total. The number of thioether (sulfide) groups is 1. The van der Waals surface area contributed by atoms with Crippen molar-refractivity contribution in [3.05, 3.63) is 0 Å². The number of aliphatic hydroxyl groups is 1. The predicted molar refractivity (Wildman–Crippen MR) is 66.1 cm³/mol. The molecule has 15 heavy (non-hydrogen) atoms. The summed E-state index contributed by atoms with van der Waals surface area (Å²) in [6.45, 7) is 7.28. The van der Waals surface area contributed by atoms with Gasteiger partial charge in [-0.1, -0.05) is 20.8 Å². The Bertz CT molecular complexity index is 174. The van der Waals surface area contributed by atoms with Crippen LogP contribution in [0.3, 0.4) is 0 Å². The molecule has 0 aliphatic rings. The van der Waals surface area contributed by atoms with E-state index in [-0.39, 0.29) is 12.5 Å². The first-order chi connectivity index (χ1) is 7.06. The van der Waals surface area contributed by atoms with Gasteiger partial charge in [0.05, 0.1) is 5.75 Å². The molecule has 0 aromatic carbocycles. The van der Waals surface area contributed by atoms with Crippen LogP contribution in [0.2, 0.25) is 0 Å². The monoisotopic (exact) mass is 233 g/mol. The number of amides is 1. The van der Waals surface area contributed by atoms with E-state index in [0.29, 0.717) is 16.9 Å². The minimum atomic E-state index is 0.102. The normalized spacial score (nSPS) is 12.9. The number of nitrogens with one attached hydrogen (secondary N) is 1. The second-order valence-electron chi connectivity index (χ2n) is 4.17. The SMILES string of the molecule is CC(C)CCNC(=O)CSC(C)CCO. The highest BCUT2D eigenvalue weighted by Crippen LogP contribution is 2.12. The van der Waals surface area contributed by atoms with E-state index in [1.165, 1.54) is 0 Å². The number of rotatable bonds is 8. The molecule has 0 saturated carbocycles. The van der Waals surface area contributed by atoms with E-state index in [9.17, 15) is 4.79 Å². The second kappa shape index (κ2) is 9.04. The summed E-state index contributed by atoms with van der Waals surface area (Å²) in [4.78, 5) is 11.3. The zero-order valence-electron chi connectivity index (χ0n) is 9.95. The van der Waals surface area contributed by atoms with Crippen LogP contribution >= 0.6 is 11.8 Å². The summed E-state index contributed by atoms with van der Waals surface area (Å²) in [5.74, 6) is 1.23. The van der Waals surface area contributed by atoms with Crippen molar-refractivity contribution in [1.82, 2.24) is 5.32 Å². The highest BCUT2D eigenvalue weighted by Gasteiger charge is 2.06. The Balaban J connectivity index is 3.40. The van der Waals surface area contributed by atoms with Gasteiger partial charge in [-0.15, -0.1) is 11.8 Å². The fourth-order valence-electron chi connectivity index (χ4n) is 1.03. The average Bonchev–Trinajstić information content (AvgIpc) is 2.14. The van der Waals surface area contributed by atoms with Gasteiger partial charge in [-0.2, -0.15) is 0 Å². The van der Waals surface area contributed by atoms with Crippen molar-refractivity contribution in [2.45, 2.75) is 38.9 Å². The molecule has 0 aromatic rings. The summed E-state index contributed by atoms with van der Waals surface area (Å²) in [6.07, 6.45) is 1.78. The maximum absolute atomic E-state index is 11.3. The second-order valence-corrected chi connectivity index (χ2v) is 5.59. The van der Waals surface area contributed by atoms with Gasteiger partial charge in [0.15, 0.2) is 0 Å². The maximum Gasteiger partial charge on any atom is 0.230 e. The zero-order chi connectivity index (χ0) is 11.7. The summed E-state index contributed by atoms with van der Waals surface area (Å²) in [5, 5.41) is 11.9. The Hall–Kier alpha value is -0.220. The van der Waals surface area contributed by atoms with Crippen molar-refractivity contribution >= 4 is 17.7 Å². The molecule has 0 heterocycles. The van der Waals surface area contributed by atoms with Crippen LogP contribution in [0.4, 0.5) is 0 Å². The average molecular weight is 233 g/mol. The van der Waals surface area contributed by atoms with Crippen LogP contribution in [-0.4, -0.2) is 35.2 Å². The van der Waals surface area contributed by atoms with Gasteiger partial charge in [0.1, 0.15) is 0 Å². The van der Waals surface area contributed by atoms with E-state index in [4.69, 9.17) is 5.11 Å². The van der Waals surface area contributed by atoms with Gasteiger partial charge in [0.2, 0.25) is 5.91 Å². The highest BCUT2D eigenvalue weighted by atomic mass is 32.2. The van der Waals surface area contributed by atoms with E-state index < -0.39 is 0 Å². The fraction of sp³-hybridized carbons (Fsp3) is 0.909. The van der Waals surface area contributed by atoms with Crippen molar-refractivity contribution in [3.8, 4) is 0 Å². The summed E-state index contributed by atoms with van der Waals surface area (Å²) in [5.41, 5.74) is 0. The summed E-state index contributed by atoms with van der Waals surface area (Å²) in [6, 6.07) is 0. The molecule has 3 nitrogen and oxygen atoms in total. The Morgan fingerprint density at radius 2 is 2.00 bits per heavy atom. The quantitative estimate of drug-likeness (QED) is 0.670. The van der Waals surface area contributed by atoms with Gasteiger partial charge in [-0.05, 0) is 18.8 Å². The van der Waals surface area contributed by atoms with Gasteiger partial charge < -0.3 is 10.4 Å². The molecule has 4 heteroatoms. The smallest absolute Gasteiger partial charge is 0.230 e. The maximum atomic E-state index is 11.3. The van der Waals surface area contributed by atoms with E-state index in [1.807, 2.05) is 6.92 Å². The molecule has 0 aliphatic heterocycles. The third-order valence-corrected chi connectivity index (χ3v) is 3.31. The van der Waals surface area contributed by atoms with Gasteiger partial charge in [-0.3, -0.25) is 4.79 Å². The summed E-state index contributed by atoms with van der Waals surface area (Å²) < 4.78 is 0. The Labute approximate surface area is 97.0 Å². The first kappa shape index (κ1) is 14.8. The Morgan fingerprint density at radius 3 is 2.53 bits per heavy atom. The van der Waals surface area contributed by atoms with E-state index in [2.05, 4.69) is 19.2 Å². The van der Waals surface area contributed by atoms with Crippen LogP contribution in [0.5, 0.6) is 0 Å². The third-order valence-electron chi connectivity index (χ3n) is 2.08. The Kier molecular flexibility index (Phi) is 8.91. The standard InChI is InChI=1S/C11H23NO2S/c1-9(2)4-6-12-11(14)8-15-10(3)5-7-13/h9-10,13H,4-8H2,1-3H3,(H,12,14). The molecular formula is C11H23NO2S. The number of hydrogen-bond acceptors (Lipinski definition) is 3. The number of aliphatic hydroxyl groups excluding tert-OH is 1. The molecule has 1 atom stereocenters. The Morgan fingerprint density at radius 1 is 1.33 bits per heavy atom. The topological polar surface area (TPSA) is 49.3 Å². The van der Waals surface area contributed by atoms with Crippen LogP contribution in [0.25, 0.3) is 0 Å². The first-order valence-electron chi connectivity index (χ1n) is 5.55. The number of hydrogen-bond donors (Lipinski definition) is 2. The molecule has 1 unspecified atom stereocenters. The lowest BCUT2D eigenvalue weighted by molar-refractivity contribution is -0.118. The number of carbonyl (C=O) groups excluding carboxylic acids is 1. The van der Waals surface area contributed by atoms with Gasteiger partial charge in [-0.25, -0.2) is 0 Å². The molecule has 0 radical (unpaired) electrons. The van der Waals surface area contributed by atoms with E-state index in [1.54, 1.807) is 11.8 Å². The van der Waals surface area contributed by atoms with Crippen LogP contribution < -0.4 is 5.32 Å². The predicted octanol–water partition coefficient (Wildman–Crippen LogP) is 1.65.